The van der Waals surface area contributed by atoms with E-state index in [9.17, 15) is 0 Å². The number of benzene rings is 3. The fraction of sp³-hybridized carbons (Fsp3) is 0.323. The Hall–Kier alpha value is -2.93. The normalized spacial score (nSPS) is 14.1. The number of aryl methyl sites for hydroxylation is 2. The summed E-state index contributed by atoms with van der Waals surface area (Å²) in [6.07, 6.45) is 1.06. The fourth-order valence-corrected chi connectivity index (χ4v) is 5.54. The molecule has 0 unspecified atom stereocenters. The predicted octanol–water partition coefficient (Wildman–Crippen LogP) is 8.33. The van der Waals surface area contributed by atoms with E-state index < -0.39 is 0 Å². The standard InChI is InChI=1S/C31H33N/c1-18(2)12-22-15-29(24-14-19(3)13-20(4)21(24)5)32-30-17-28-26(16-25(22)30)23-10-8-9-11-27(23)31(28,6)7/h8-11,13-18H,12H2,1-7H3. The summed E-state index contributed by atoms with van der Waals surface area (Å²) in [5.41, 5.74) is 14.4. The zero-order valence-corrected chi connectivity index (χ0v) is 20.4. The van der Waals surface area contributed by atoms with Crippen LogP contribution in [-0.2, 0) is 11.8 Å². The minimum Gasteiger partial charge on any atom is -0.248 e. The quantitative estimate of drug-likeness (QED) is 0.325. The largest absolute Gasteiger partial charge is 0.248 e. The Labute approximate surface area is 192 Å². The van der Waals surface area contributed by atoms with Gasteiger partial charge in [0.25, 0.3) is 0 Å². The molecule has 1 aliphatic carbocycles. The van der Waals surface area contributed by atoms with Gasteiger partial charge >= 0.3 is 0 Å². The predicted molar refractivity (Wildman–Crippen MR) is 137 cm³/mol. The van der Waals surface area contributed by atoms with Crippen LogP contribution in [0.1, 0.15) is 61.1 Å². The number of rotatable bonds is 3. The second-order valence-corrected chi connectivity index (χ2v) is 10.6. The Kier molecular flexibility index (Phi) is 4.78. The summed E-state index contributed by atoms with van der Waals surface area (Å²) in [6, 6.07) is 20.6. The van der Waals surface area contributed by atoms with Crippen molar-refractivity contribution in [2.24, 2.45) is 5.92 Å². The van der Waals surface area contributed by atoms with Crippen LogP contribution in [0, 0.1) is 26.7 Å². The van der Waals surface area contributed by atoms with E-state index in [1.165, 1.54) is 55.5 Å². The summed E-state index contributed by atoms with van der Waals surface area (Å²) in [5, 5.41) is 1.30. The van der Waals surface area contributed by atoms with Crippen molar-refractivity contribution in [1.82, 2.24) is 4.98 Å². The van der Waals surface area contributed by atoms with Crippen LogP contribution in [0.2, 0.25) is 0 Å². The van der Waals surface area contributed by atoms with Gasteiger partial charge in [-0.3, -0.25) is 0 Å². The smallest absolute Gasteiger partial charge is 0.0715 e. The van der Waals surface area contributed by atoms with E-state index in [2.05, 4.69) is 103 Å². The minimum atomic E-state index is -0.00808. The van der Waals surface area contributed by atoms with Gasteiger partial charge in [-0.25, -0.2) is 4.98 Å². The molecule has 4 aromatic rings. The van der Waals surface area contributed by atoms with Crippen LogP contribution in [0.4, 0.5) is 0 Å². The molecule has 5 rings (SSSR count). The Bertz CT molecular complexity index is 1370. The second-order valence-electron chi connectivity index (χ2n) is 10.6. The molecule has 0 atom stereocenters. The first-order chi connectivity index (χ1) is 15.2. The molecule has 162 valence electrons. The van der Waals surface area contributed by atoms with Crippen LogP contribution in [0.3, 0.4) is 0 Å². The van der Waals surface area contributed by atoms with Crippen molar-refractivity contribution in [1.29, 1.82) is 0 Å². The lowest BCUT2D eigenvalue weighted by Gasteiger charge is -2.22. The lowest BCUT2D eigenvalue weighted by atomic mass is 9.82. The van der Waals surface area contributed by atoms with Crippen molar-refractivity contribution in [3.8, 4) is 22.4 Å². The molecule has 0 saturated carbocycles. The van der Waals surface area contributed by atoms with Gasteiger partial charge in [0.1, 0.15) is 0 Å². The molecule has 3 aromatic carbocycles. The van der Waals surface area contributed by atoms with Crippen LogP contribution in [0.25, 0.3) is 33.3 Å². The fourth-order valence-electron chi connectivity index (χ4n) is 5.54. The van der Waals surface area contributed by atoms with E-state index in [-0.39, 0.29) is 5.41 Å². The molecule has 1 aliphatic rings. The summed E-state index contributed by atoms with van der Waals surface area (Å²) in [7, 11) is 0. The molecule has 0 fully saturated rings. The molecular weight excluding hydrogens is 386 g/mol. The highest BCUT2D eigenvalue weighted by molar-refractivity contribution is 5.94. The zero-order valence-electron chi connectivity index (χ0n) is 20.4. The third-order valence-corrected chi connectivity index (χ3v) is 7.31. The van der Waals surface area contributed by atoms with Gasteiger partial charge in [0.05, 0.1) is 11.2 Å². The first-order valence-corrected chi connectivity index (χ1v) is 11.8. The van der Waals surface area contributed by atoms with E-state index in [0.717, 1.165) is 17.6 Å². The van der Waals surface area contributed by atoms with E-state index >= 15 is 0 Å². The monoisotopic (exact) mass is 419 g/mol. The molecular formula is C31H33N. The SMILES string of the molecule is Cc1cc(C)c(C)c(-c2cc(CC(C)C)c3cc4c(cc3n2)C(C)(C)c2ccccc2-4)c1. The van der Waals surface area contributed by atoms with Gasteiger partial charge in [-0.15, -0.1) is 0 Å². The van der Waals surface area contributed by atoms with E-state index in [1.54, 1.807) is 0 Å². The second kappa shape index (κ2) is 7.30. The molecule has 0 amide bonds. The summed E-state index contributed by atoms with van der Waals surface area (Å²) < 4.78 is 0. The summed E-state index contributed by atoms with van der Waals surface area (Å²) >= 11 is 0. The molecule has 0 spiro atoms. The first kappa shape index (κ1) is 20.9. The maximum atomic E-state index is 5.26. The van der Waals surface area contributed by atoms with E-state index in [1.807, 2.05) is 0 Å². The molecule has 1 heteroatoms. The van der Waals surface area contributed by atoms with Crippen molar-refractivity contribution in [3.05, 3.63) is 88.0 Å². The highest BCUT2D eigenvalue weighted by atomic mass is 14.7. The molecule has 1 aromatic heterocycles. The van der Waals surface area contributed by atoms with E-state index in [4.69, 9.17) is 4.98 Å². The molecule has 32 heavy (non-hydrogen) atoms. The van der Waals surface area contributed by atoms with Crippen molar-refractivity contribution in [2.75, 3.05) is 0 Å². The van der Waals surface area contributed by atoms with Gasteiger partial charge in [-0.05, 0) is 96.3 Å². The number of nitrogens with zero attached hydrogens (tertiary/aromatic N) is 1. The molecule has 0 N–H and O–H groups in total. The van der Waals surface area contributed by atoms with Gasteiger partial charge in [-0.2, -0.15) is 0 Å². The number of aromatic nitrogens is 1. The number of hydrogen-bond acceptors (Lipinski definition) is 1. The highest BCUT2D eigenvalue weighted by Crippen LogP contribution is 2.50. The maximum Gasteiger partial charge on any atom is 0.0715 e. The van der Waals surface area contributed by atoms with E-state index in [0.29, 0.717) is 5.92 Å². The van der Waals surface area contributed by atoms with Crippen molar-refractivity contribution in [3.63, 3.8) is 0 Å². The van der Waals surface area contributed by atoms with Gasteiger partial charge in [0.2, 0.25) is 0 Å². The van der Waals surface area contributed by atoms with Crippen molar-refractivity contribution >= 4 is 10.9 Å². The highest BCUT2D eigenvalue weighted by Gasteiger charge is 2.35. The number of pyridine rings is 1. The number of hydrogen-bond donors (Lipinski definition) is 0. The molecule has 0 aliphatic heterocycles. The Morgan fingerprint density at radius 2 is 1.56 bits per heavy atom. The summed E-state index contributed by atoms with van der Waals surface area (Å²) in [6.45, 7) is 15.9. The minimum absolute atomic E-state index is 0.00808. The average molecular weight is 420 g/mol. The third kappa shape index (κ3) is 3.18. The third-order valence-electron chi connectivity index (χ3n) is 7.31. The zero-order chi connectivity index (χ0) is 22.8. The summed E-state index contributed by atoms with van der Waals surface area (Å²) in [4.78, 5) is 5.26. The van der Waals surface area contributed by atoms with Crippen molar-refractivity contribution in [2.45, 2.75) is 60.3 Å². The molecule has 1 nitrogen and oxygen atoms in total. The Morgan fingerprint density at radius 1 is 0.812 bits per heavy atom. The van der Waals surface area contributed by atoms with Gasteiger partial charge in [-0.1, -0.05) is 63.6 Å². The van der Waals surface area contributed by atoms with Crippen LogP contribution in [0.5, 0.6) is 0 Å². The first-order valence-electron chi connectivity index (χ1n) is 11.8. The molecule has 0 bridgehead atoms. The van der Waals surface area contributed by atoms with Crippen LogP contribution >= 0.6 is 0 Å². The summed E-state index contributed by atoms with van der Waals surface area (Å²) in [5.74, 6) is 0.589. The molecule has 0 saturated heterocycles. The van der Waals surface area contributed by atoms with Gasteiger partial charge in [0.15, 0.2) is 0 Å². The molecule has 0 radical (unpaired) electrons. The lowest BCUT2D eigenvalue weighted by Crippen LogP contribution is -2.15. The Balaban J connectivity index is 1.82. The number of fused-ring (bicyclic) bond motifs is 4. The average Bonchev–Trinajstić information content (AvgIpc) is 2.96. The topological polar surface area (TPSA) is 12.9 Å². The van der Waals surface area contributed by atoms with Crippen molar-refractivity contribution < 1.29 is 0 Å². The Morgan fingerprint density at radius 3 is 2.31 bits per heavy atom. The van der Waals surface area contributed by atoms with Gasteiger partial charge in [0, 0.05) is 16.4 Å². The van der Waals surface area contributed by atoms with Crippen LogP contribution < -0.4 is 0 Å². The maximum absolute atomic E-state index is 5.26. The van der Waals surface area contributed by atoms with Crippen LogP contribution in [0.15, 0.2) is 54.6 Å². The lowest BCUT2D eigenvalue weighted by molar-refractivity contribution is 0.649. The van der Waals surface area contributed by atoms with Gasteiger partial charge < -0.3 is 0 Å². The van der Waals surface area contributed by atoms with Crippen LogP contribution in [-0.4, -0.2) is 4.98 Å². The molecule has 1 heterocycles.